The maximum Gasteiger partial charge on any atom is 0.251 e. The quantitative estimate of drug-likeness (QED) is 0.639. The minimum absolute atomic E-state index is 0.114. The highest BCUT2D eigenvalue weighted by Crippen LogP contribution is 2.20. The molecule has 1 heterocycles. The fourth-order valence-corrected chi connectivity index (χ4v) is 2.89. The van der Waals surface area contributed by atoms with Crippen molar-refractivity contribution in [2.45, 2.75) is 25.8 Å². The van der Waals surface area contributed by atoms with E-state index in [4.69, 9.17) is 4.52 Å². The monoisotopic (exact) mass is 388 g/mol. The van der Waals surface area contributed by atoms with Crippen LogP contribution in [0, 0.1) is 6.92 Å². The summed E-state index contributed by atoms with van der Waals surface area (Å²) >= 11 is 1.18. The van der Waals surface area contributed by atoms with Crippen molar-refractivity contribution < 1.29 is 18.9 Å². The zero-order chi connectivity index (χ0) is 19.2. The first-order valence-corrected chi connectivity index (χ1v) is 9.67. The summed E-state index contributed by atoms with van der Waals surface area (Å²) in [4.78, 5) is 35.9. The van der Waals surface area contributed by atoms with Gasteiger partial charge in [-0.1, -0.05) is 11.2 Å². The molecule has 9 heteroatoms. The number of nitrogens with one attached hydrogen (secondary N) is 3. The molecule has 1 aromatic carbocycles. The first-order chi connectivity index (χ1) is 13.0. The normalized spacial score (nSPS) is 13.1. The smallest absolute Gasteiger partial charge is 0.251 e. The van der Waals surface area contributed by atoms with E-state index in [-0.39, 0.29) is 35.3 Å². The molecule has 2 aromatic rings. The van der Waals surface area contributed by atoms with Gasteiger partial charge >= 0.3 is 0 Å². The van der Waals surface area contributed by atoms with Gasteiger partial charge in [-0.2, -0.15) is 0 Å². The molecule has 8 nitrogen and oxygen atoms in total. The molecule has 0 bridgehead atoms. The van der Waals surface area contributed by atoms with Gasteiger partial charge in [-0.15, -0.1) is 11.8 Å². The van der Waals surface area contributed by atoms with Crippen LogP contribution in [0.1, 0.15) is 29.0 Å². The van der Waals surface area contributed by atoms with Gasteiger partial charge in [0, 0.05) is 23.4 Å². The number of aryl methyl sites for hydroxylation is 1. The second kappa shape index (κ2) is 8.72. The van der Waals surface area contributed by atoms with Gasteiger partial charge in [-0.3, -0.25) is 14.4 Å². The molecule has 3 N–H and O–H groups in total. The highest BCUT2D eigenvalue weighted by atomic mass is 32.2. The van der Waals surface area contributed by atoms with Crippen LogP contribution in [0.25, 0.3) is 0 Å². The van der Waals surface area contributed by atoms with Gasteiger partial charge in [0.1, 0.15) is 5.76 Å². The SMILES string of the molecule is Cc1cc(NC(=O)CSCC(=O)Nc2cccc(C(=O)NC3CC3)c2)no1. The minimum Gasteiger partial charge on any atom is -0.360 e. The van der Waals surface area contributed by atoms with Crippen LogP contribution in [-0.2, 0) is 9.59 Å². The fraction of sp³-hybridized carbons (Fsp3) is 0.333. The molecule has 27 heavy (non-hydrogen) atoms. The van der Waals surface area contributed by atoms with Crippen molar-refractivity contribution >= 4 is 41.0 Å². The summed E-state index contributed by atoms with van der Waals surface area (Å²) in [5.74, 6) is 0.536. The maximum absolute atomic E-state index is 12.0. The molecule has 1 aliphatic rings. The van der Waals surface area contributed by atoms with Crippen LogP contribution in [0.15, 0.2) is 34.9 Å². The molecule has 3 rings (SSSR count). The predicted octanol–water partition coefficient (Wildman–Crippen LogP) is 2.19. The molecular formula is C18H20N4O4S. The van der Waals surface area contributed by atoms with Crippen molar-refractivity contribution in [2.24, 2.45) is 0 Å². The van der Waals surface area contributed by atoms with Gasteiger partial charge < -0.3 is 20.5 Å². The van der Waals surface area contributed by atoms with E-state index < -0.39 is 0 Å². The largest absolute Gasteiger partial charge is 0.360 e. The van der Waals surface area contributed by atoms with Crippen LogP contribution in [0.2, 0.25) is 0 Å². The Balaban J connectivity index is 1.41. The Kier molecular flexibility index (Phi) is 6.12. The Labute approximate surface area is 160 Å². The molecule has 0 aliphatic heterocycles. The van der Waals surface area contributed by atoms with Gasteiger partial charge in [0.25, 0.3) is 5.91 Å². The van der Waals surface area contributed by atoms with Crippen LogP contribution >= 0.6 is 11.8 Å². The van der Waals surface area contributed by atoms with E-state index in [1.54, 1.807) is 37.3 Å². The van der Waals surface area contributed by atoms with Crippen LogP contribution in [0.4, 0.5) is 11.5 Å². The molecular weight excluding hydrogens is 368 g/mol. The summed E-state index contributed by atoms with van der Waals surface area (Å²) in [6.45, 7) is 1.73. The molecule has 0 atom stereocenters. The average Bonchev–Trinajstić information content (AvgIpc) is 3.35. The Morgan fingerprint density at radius 2 is 1.89 bits per heavy atom. The Hall–Kier alpha value is -2.81. The van der Waals surface area contributed by atoms with E-state index in [9.17, 15) is 14.4 Å². The number of rotatable bonds is 8. The van der Waals surface area contributed by atoms with E-state index in [0.29, 0.717) is 22.8 Å². The third kappa shape index (κ3) is 6.14. The summed E-state index contributed by atoms with van der Waals surface area (Å²) in [7, 11) is 0. The summed E-state index contributed by atoms with van der Waals surface area (Å²) < 4.78 is 4.86. The fourth-order valence-electron chi connectivity index (χ4n) is 2.27. The van der Waals surface area contributed by atoms with Crippen molar-refractivity contribution in [2.75, 3.05) is 22.1 Å². The van der Waals surface area contributed by atoms with E-state index in [1.165, 1.54) is 11.8 Å². The van der Waals surface area contributed by atoms with Gasteiger partial charge in [-0.05, 0) is 38.0 Å². The topological polar surface area (TPSA) is 113 Å². The molecule has 0 radical (unpaired) electrons. The number of nitrogens with zero attached hydrogens (tertiary/aromatic N) is 1. The van der Waals surface area contributed by atoms with Gasteiger partial charge in [0.05, 0.1) is 11.5 Å². The first-order valence-electron chi connectivity index (χ1n) is 8.51. The third-order valence-electron chi connectivity index (χ3n) is 3.68. The second-order valence-corrected chi connectivity index (χ2v) is 7.23. The molecule has 142 valence electrons. The molecule has 1 fully saturated rings. The van der Waals surface area contributed by atoms with E-state index >= 15 is 0 Å². The molecule has 0 saturated heterocycles. The summed E-state index contributed by atoms with van der Waals surface area (Å²) in [5.41, 5.74) is 1.06. The Bertz CT molecular complexity index is 847. The van der Waals surface area contributed by atoms with Crippen LogP contribution < -0.4 is 16.0 Å². The number of carbonyl (C=O) groups excluding carboxylic acids is 3. The lowest BCUT2D eigenvalue weighted by Gasteiger charge is -2.08. The number of amides is 3. The summed E-state index contributed by atoms with van der Waals surface area (Å²) in [6.07, 6.45) is 2.03. The number of thioether (sulfide) groups is 1. The molecule has 1 aliphatic carbocycles. The molecule has 1 aromatic heterocycles. The summed E-state index contributed by atoms with van der Waals surface area (Å²) in [6, 6.07) is 8.67. The Morgan fingerprint density at radius 3 is 2.56 bits per heavy atom. The van der Waals surface area contributed by atoms with Gasteiger partial charge in [0.2, 0.25) is 11.8 Å². The van der Waals surface area contributed by atoms with Crippen LogP contribution in [0.3, 0.4) is 0 Å². The second-order valence-electron chi connectivity index (χ2n) is 6.24. The van der Waals surface area contributed by atoms with Crippen molar-refractivity contribution in [3.05, 3.63) is 41.7 Å². The van der Waals surface area contributed by atoms with Gasteiger partial charge in [-0.25, -0.2) is 0 Å². The molecule has 0 spiro atoms. The van der Waals surface area contributed by atoms with Crippen molar-refractivity contribution in [1.82, 2.24) is 10.5 Å². The van der Waals surface area contributed by atoms with E-state index in [2.05, 4.69) is 21.1 Å². The zero-order valence-corrected chi connectivity index (χ0v) is 15.6. The minimum atomic E-state index is -0.264. The van der Waals surface area contributed by atoms with Crippen molar-refractivity contribution in [3.63, 3.8) is 0 Å². The molecule has 3 amide bonds. The van der Waals surface area contributed by atoms with Crippen molar-refractivity contribution in [3.8, 4) is 0 Å². The molecule has 1 saturated carbocycles. The molecule has 0 unspecified atom stereocenters. The number of anilines is 2. The lowest BCUT2D eigenvalue weighted by molar-refractivity contribution is -0.114. The van der Waals surface area contributed by atoms with Crippen molar-refractivity contribution in [1.29, 1.82) is 0 Å². The lowest BCUT2D eigenvalue weighted by Crippen LogP contribution is -2.25. The van der Waals surface area contributed by atoms with E-state index in [0.717, 1.165) is 12.8 Å². The number of hydrogen-bond donors (Lipinski definition) is 3. The van der Waals surface area contributed by atoms with Crippen LogP contribution in [0.5, 0.6) is 0 Å². The number of aromatic nitrogens is 1. The average molecular weight is 388 g/mol. The van der Waals surface area contributed by atoms with E-state index in [1.807, 2.05) is 0 Å². The highest BCUT2D eigenvalue weighted by molar-refractivity contribution is 8.00. The predicted molar refractivity (Wildman–Crippen MR) is 103 cm³/mol. The third-order valence-corrected chi connectivity index (χ3v) is 4.62. The zero-order valence-electron chi connectivity index (χ0n) is 14.8. The number of carbonyl (C=O) groups is 3. The Morgan fingerprint density at radius 1 is 1.15 bits per heavy atom. The maximum atomic E-state index is 12.0. The highest BCUT2D eigenvalue weighted by Gasteiger charge is 2.23. The number of benzene rings is 1. The van der Waals surface area contributed by atoms with Crippen LogP contribution in [-0.4, -0.2) is 40.4 Å². The first kappa shape index (κ1) is 19.0. The van der Waals surface area contributed by atoms with Gasteiger partial charge in [0.15, 0.2) is 5.82 Å². The standard InChI is InChI=1S/C18H20N4O4S/c1-11-7-15(22-26-11)21-17(24)10-27-9-16(23)19-14-4-2-3-12(8-14)18(25)20-13-5-6-13/h2-4,7-8,13H,5-6,9-10H2,1H3,(H,19,23)(H,20,25)(H,21,22,24). The summed E-state index contributed by atoms with van der Waals surface area (Å²) in [5, 5.41) is 11.9. The lowest BCUT2D eigenvalue weighted by atomic mass is 10.2. The number of hydrogen-bond acceptors (Lipinski definition) is 6.